The Hall–Kier alpha value is -0.0200. The zero-order valence-electron chi connectivity index (χ0n) is 6.09. The second-order valence-electron chi connectivity index (χ2n) is 2.94. The van der Waals surface area contributed by atoms with Crippen molar-refractivity contribution >= 4 is 17.5 Å². The van der Waals surface area contributed by atoms with Gasteiger partial charge >= 0.3 is 0 Å². The van der Waals surface area contributed by atoms with Crippen LogP contribution >= 0.6 is 11.8 Å². The molecule has 1 N–H and O–H groups in total. The molecule has 0 amide bonds. The molecule has 1 aliphatic heterocycles. The van der Waals surface area contributed by atoms with Crippen LogP contribution in [0.4, 0.5) is 0 Å². The van der Waals surface area contributed by atoms with Crippen molar-refractivity contribution in [3.63, 3.8) is 0 Å². The van der Waals surface area contributed by atoms with Crippen LogP contribution in [-0.4, -0.2) is 29.0 Å². The molecule has 1 atom stereocenters. The van der Waals surface area contributed by atoms with Gasteiger partial charge in [0, 0.05) is 11.2 Å². The molecule has 2 nitrogen and oxygen atoms in total. The summed E-state index contributed by atoms with van der Waals surface area (Å²) in [7, 11) is 0. The zero-order chi connectivity index (χ0) is 7.61. The fraction of sp³-hybridized carbons (Fsp3) is 0.857. The van der Waals surface area contributed by atoms with Crippen LogP contribution in [0, 0.1) is 5.41 Å². The molecule has 0 aliphatic carbocycles. The number of thioether (sulfide) groups is 1. The Labute approximate surface area is 65.0 Å². The third kappa shape index (κ3) is 1.35. The van der Waals surface area contributed by atoms with Crippen molar-refractivity contribution in [2.75, 3.05) is 18.1 Å². The van der Waals surface area contributed by atoms with Gasteiger partial charge in [0.25, 0.3) is 0 Å². The topological polar surface area (TPSA) is 37.3 Å². The van der Waals surface area contributed by atoms with Crippen LogP contribution < -0.4 is 0 Å². The summed E-state index contributed by atoms with van der Waals surface area (Å²) in [6.07, 6.45) is 0.928. The molecule has 1 saturated heterocycles. The van der Waals surface area contributed by atoms with Gasteiger partial charge in [0.05, 0.1) is 0 Å². The molecule has 0 bridgehead atoms. The van der Waals surface area contributed by atoms with Crippen molar-refractivity contribution in [1.82, 2.24) is 0 Å². The van der Waals surface area contributed by atoms with E-state index in [0.29, 0.717) is 0 Å². The number of Topliss-reactive ketones (excluding diaryl/α,β-unsaturated/α-hetero) is 1. The van der Waals surface area contributed by atoms with Crippen LogP contribution in [0.15, 0.2) is 0 Å². The molecule has 3 heteroatoms. The average Bonchev–Trinajstić information content (AvgIpc) is 2.36. The van der Waals surface area contributed by atoms with Gasteiger partial charge < -0.3 is 5.11 Å². The van der Waals surface area contributed by atoms with Crippen molar-refractivity contribution in [3.8, 4) is 0 Å². The van der Waals surface area contributed by atoms with E-state index >= 15 is 0 Å². The molecular weight excluding hydrogens is 148 g/mol. The van der Waals surface area contributed by atoms with Gasteiger partial charge in [-0.15, -0.1) is 0 Å². The highest BCUT2D eigenvalue weighted by Gasteiger charge is 2.35. The second kappa shape index (κ2) is 2.93. The fourth-order valence-electron chi connectivity index (χ4n) is 1.08. The third-order valence-electron chi connectivity index (χ3n) is 2.04. The lowest BCUT2D eigenvalue weighted by Gasteiger charge is -2.18. The van der Waals surface area contributed by atoms with E-state index in [4.69, 9.17) is 5.11 Å². The molecule has 1 rings (SSSR count). The van der Waals surface area contributed by atoms with Crippen LogP contribution in [0.25, 0.3) is 0 Å². The Balaban J connectivity index is 2.58. The Morgan fingerprint density at radius 3 is 2.90 bits per heavy atom. The largest absolute Gasteiger partial charge is 0.389 e. The number of carbonyl (C=O) groups excluding carboxylic acids is 1. The normalized spacial score (nSPS) is 32.6. The highest BCUT2D eigenvalue weighted by molar-refractivity contribution is 7.99. The summed E-state index contributed by atoms with van der Waals surface area (Å²) in [6.45, 7) is 1.64. The molecule has 1 aliphatic rings. The molecule has 0 saturated carbocycles. The molecule has 1 unspecified atom stereocenters. The molecule has 0 radical (unpaired) electrons. The maximum atomic E-state index is 11.1. The maximum Gasteiger partial charge on any atom is 0.164 e. The zero-order valence-corrected chi connectivity index (χ0v) is 6.91. The van der Waals surface area contributed by atoms with Crippen molar-refractivity contribution in [2.24, 2.45) is 5.41 Å². The molecule has 1 heterocycles. The van der Waals surface area contributed by atoms with Crippen molar-refractivity contribution in [1.29, 1.82) is 0 Å². The average molecular weight is 160 g/mol. The molecule has 0 spiro atoms. The number of hydrogen-bond donors (Lipinski definition) is 1. The predicted octanol–water partition coefficient (Wildman–Crippen LogP) is 0.691. The van der Waals surface area contributed by atoms with E-state index in [9.17, 15) is 4.79 Å². The van der Waals surface area contributed by atoms with Crippen LogP contribution in [0.1, 0.15) is 13.3 Å². The number of hydrogen-bond acceptors (Lipinski definition) is 3. The van der Waals surface area contributed by atoms with Crippen molar-refractivity contribution in [3.05, 3.63) is 0 Å². The number of aliphatic hydroxyl groups excluding tert-OH is 1. The molecule has 0 aromatic rings. The predicted molar refractivity (Wildman–Crippen MR) is 42.1 cm³/mol. The minimum atomic E-state index is -0.295. The monoisotopic (exact) mass is 160 g/mol. The summed E-state index contributed by atoms with van der Waals surface area (Å²) in [6, 6.07) is 0. The van der Waals surface area contributed by atoms with E-state index < -0.39 is 0 Å². The van der Waals surface area contributed by atoms with E-state index in [1.807, 2.05) is 6.92 Å². The van der Waals surface area contributed by atoms with Crippen molar-refractivity contribution in [2.45, 2.75) is 13.3 Å². The smallest absolute Gasteiger partial charge is 0.164 e. The fourth-order valence-corrected chi connectivity index (χ4v) is 2.57. The summed E-state index contributed by atoms with van der Waals surface area (Å²) in [4.78, 5) is 11.1. The molecule has 10 heavy (non-hydrogen) atoms. The van der Waals surface area contributed by atoms with Gasteiger partial charge in [-0.1, -0.05) is 6.92 Å². The number of carbonyl (C=O) groups is 1. The van der Waals surface area contributed by atoms with E-state index in [1.165, 1.54) is 0 Å². The second-order valence-corrected chi connectivity index (χ2v) is 4.05. The van der Waals surface area contributed by atoms with Crippen LogP contribution in [0.5, 0.6) is 0 Å². The van der Waals surface area contributed by atoms with E-state index in [-0.39, 0.29) is 17.8 Å². The summed E-state index contributed by atoms with van der Waals surface area (Å²) in [5.41, 5.74) is -0.223. The lowest BCUT2D eigenvalue weighted by atomic mass is 9.86. The standard InChI is InChI=1S/C7H12O2S/c1-7(6(9)4-8)2-3-10-5-7/h8H,2-5H2,1H3. The maximum absolute atomic E-state index is 11.1. The molecule has 1 fully saturated rings. The number of ketones is 1. The SMILES string of the molecule is CC1(C(=O)CO)CCSC1. The summed E-state index contributed by atoms with van der Waals surface area (Å²) in [5, 5.41) is 8.60. The lowest BCUT2D eigenvalue weighted by molar-refractivity contribution is -0.129. The number of rotatable bonds is 2. The first-order chi connectivity index (χ1) is 4.69. The van der Waals surface area contributed by atoms with Gasteiger partial charge in [-0.05, 0) is 12.2 Å². The van der Waals surface area contributed by atoms with Crippen LogP contribution in [0.3, 0.4) is 0 Å². The molecule has 58 valence electrons. The van der Waals surface area contributed by atoms with Crippen molar-refractivity contribution < 1.29 is 9.90 Å². The Bertz CT molecular complexity index is 139. The van der Waals surface area contributed by atoms with Gasteiger partial charge in [0.15, 0.2) is 5.78 Å². The molecule has 0 aromatic carbocycles. The van der Waals surface area contributed by atoms with Gasteiger partial charge in [-0.25, -0.2) is 0 Å². The number of aliphatic hydroxyl groups is 1. The van der Waals surface area contributed by atoms with Gasteiger partial charge in [-0.3, -0.25) is 4.79 Å². The minimum Gasteiger partial charge on any atom is -0.389 e. The summed E-state index contributed by atoms with van der Waals surface area (Å²) in [5.74, 6) is 1.94. The van der Waals surface area contributed by atoms with Crippen LogP contribution in [-0.2, 0) is 4.79 Å². The Kier molecular flexibility index (Phi) is 2.36. The first-order valence-electron chi connectivity index (χ1n) is 3.41. The van der Waals surface area contributed by atoms with Gasteiger partial charge in [0.2, 0.25) is 0 Å². The highest BCUT2D eigenvalue weighted by Crippen LogP contribution is 2.35. The van der Waals surface area contributed by atoms with Gasteiger partial charge in [-0.2, -0.15) is 11.8 Å². The van der Waals surface area contributed by atoms with Crippen LogP contribution in [0.2, 0.25) is 0 Å². The Morgan fingerprint density at radius 2 is 2.50 bits per heavy atom. The Morgan fingerprint density at radius 1 is 1.80 bits per heavy atom. The van der Waals surface area contributed by atoms with E-state index in [0.717, 1.165) is 17.9 Å². The van der Waals surface area contributed by atoms with Gasteiger partial charge in [0.1, 0.15) is 6.61 Å². The quantitative estimate of drug-likeness (QED) is 0.646. The lowest BCUT2D eigenvalue weighted by Crippen LogP contribution is -2.29. The highest BCUT2D eigenvalue weighted by atomic mass is 32.2. The minimum absolute atomic E-state index is 0.00231. The van der Waals surface area contributed by atoms with E-state index in [1.54, 1.807) is 11.8 Å². The van der Waals surface area contributed by atoms with E-state index in [2.05, 4.69) is 0 Å². The third-order valence-corrected chi connectivity index (χ3v) is 3.37. The summed E-state index contributed by atoms with van der Waals surface area (Å²) < 4.78 is 0. The first-order valence-corrected chi connectivity index (χ1v) is 4.56. The summed E-state index contributed by atoms with van der Waals surface area (Å²) >= 11 is 1.79. The molecular formula is C7H12O2S. The first kappa shape index (κ1) is 8.08. The molecule has 0 aromatic heterocycles.